The molecule has 1 saturated carbocycles. The number of hydrogen-bond acceptors (Lipinski definition) is 9. The number of amides is 2. The molecule has 2 aromatic carbocycles. The molecule has 3 aromatic rings. The molecule has 4 aliphatic rings. The van der Waals surface area contributed by atoms with Crippen LogP contribution in [0.4, 0.5) is 10.1 Å². The first-order chi connectivity index (χ1) is 23.7. The molecule has 1 aromatic heterocycles. The van der Waals surface area contributed by atoms with Gasteiger partial charge in [0.25, 0.3) is 0 Å². The molecule has 4 heterocycles. The number of aromatic hydroxyl groups is 1. The normalized spacial score (nSPS) is 23.7. The van der Waals surface area contributed by atoms with Gasteiger partial charge in [-0.25, -0.2) is 4.39 Å². The second-order valence-corrected chi connectivity index (χ2v) is 13.8. The molecule has 0 radical (unpaired) electrons. The number of rotatable bonds is 7. The Hall–Kier alpha value is -4.84. The quantitative estimate of drug-likeness (QED) is 0.186. The predicted octanol–water partition coefficient (Wildman–Crippen LogP) is 3.84. The highest BCUT2D eigenvalue weighted by molar-refractivity contribution is 6.02. The monoisotopic (exact) mass is 668 g/mol. The fourth-order valence-corrected chi connectivity index (χ4v) is 8.43. The number of halogens is 1. The number of carbonyl (C=O) groups excluding carboxylic acids is 2. The van der Waals surface area contributed by atoms with E-state index in [2.05, 4.69) is 38.4 Å². The van der Waals surface area contributed by atoms with Crippen molar-refractivity contribution in [2.75, 3.05) is 24.5 Å². The second-order valence-electron chi connectivity index (χ2n) is 13.8. The molecule has 3 aliphatic heterocycles. The highest BCUT2D eigenvalue weighted by Gasteiger charge is 2.37. The lowest BCUT2D eigenvalue weighted by molar-refractivity contribution is -0.134. The van der Waals surface area contributed by atoms with Crippen molar-refractivity contribution in [3.8, 4) is 5.75 Å². The molecule has 8 N–H and O–H groups in total. The number of allylic oxidation sites excluding steroid dienone is 2. The van der Waals surface area contributed by atoms with Gasteiger partial charge in [-0.2, -0.15) is 5.10 Å². The minimum atomic E-state index is -0.758. The van der Waals surface area contributed by atoms with E-state index in [1.807, 2.05) is 10.9 Å². The Labute approximate surface area is 285 Å². The zero-order valence-corrected chi connectivity index (χ0v) is 27.7. The van der Waals surface area contributed by atoms with Gasteiger partial charge in [-0.3, -0.25) is 19.6 Å². The van der Waals surface area contributed by atoms with Crippen LogP contribution < -0.4 is 27.4 Å². The van der Waals surface area contributed by atoms with Crippen molar-refractivity contribution in [2.24, 2.45) is 17.2 Å². The minimum Gasteiger partial charge on any atom is -0.504 e. The molecule has 0 spiro atoms. The van der Waals surface area contributed by atoms with Crippen LogP contribution >= 0.6 is 0 Å². The number of phenols is 1. The summed E-state index contributed by atoms with van der Waals surface area (Å²) in [5.74, 6) is -1.05. The van der Waals surface area contributed by atoms with Gasteiger partial charge < -0.3 is 32.1 Å². The lowest BCUT2D eigenvalue weighted by atomic mass is 9.79. The van der Waals surface area contributed by atoms with Crippen molar-refractivity contribution in [1.82, 2.24) is 20.0 Å². The van der Waals surface area contributed by atoms with Crippen molar-refractivity contribution in [3.63, 3.8) is 0 Å². The standard InChI is InChI=1S/C37H45FN8O3/c38-30-5-1-4-28(35(30)48)31(39)19-29(36(40)41)23-20-42-46(21-23)25-13-16-44(17-14-25)24-9-7-22(8-10-24)26-3-2-6-32-27(26)15-18-45(32)33-11-12-34(47)43-37(33)49/h1-6,19-22,24-25,33,48H,7-18,39-41H2,(H,43,47,49)/b31-19-/t22-,24+,33?. The van der Waals surface area contributed by atoms with E-state index < -0.39 is 11.6 Å². The molecule has 49 heavy (non-hydrogen) atoms. The Kier molecular flexibility index (Phi) is 9.06. The number of benzene rings is 2. The van der Waals surface area contributed by atoms with Crippen molar-refractivity contribution >= 4 is 28.8 Å². The molecular formula is C37H45FN8O3. The van der Waals surface area contributed by atoms with Crippen molar-refractivity contribution < 1.29 is 19.1 Å². The molecule has 0 bridgehead atoms. The van der Waals surface area contributed by atoms with Gasteiger partial charge in [-0.1, -0.05) is 18.2 Å². The Morgan fingerprint density at radius 3 is 2.41 bits per heavy atom. The largest absolute Gasteiger partial charge is 0.504 e. The maximum Gasteiger partial charge on any atom is 0.249 e. The van der Waals surface area contributed by atoms with Crippen LogP contribution in [0.1, 0.15) is 85.6 Å². The van der Waals surface area contributed by atoms with Gasteiger partial charge >= 0.3 is 0 Å². The summed E-state index contributed by atoms with van der Waals surface area (Å²) in [7, 11) is 0. The van der Waals surface area contributed by atoms with Crippen LogP contribution in [-0.4, -0.2) is 63.3 Å². The minimum absolute atomic E-state index is 0.0518. The maximum atomic E-state index is 13.9. The second kappa shape index (κ2) is 13.6. The molecule has 12 heteroatoms. The van der Waals surface area contributed by atoms with E-state index in [1.165, 1.54) is 41.8 Å². The third-order valence-electron chi connectivity index (χ3n) is 11.0. The number of para-hydroxylation sites is 1. The summed E-state index contributed by atoms with van der Waals surface area (Å²) in [6.07, 6.45) is 13.7. The van der Waals surface area contributed by atoms with Gasteiger partial charge in [0.1, 0.15) is 11.9 Å². The molecule has 1 atom stereocenters. The number of hydrogen-bond donors (Lipinski definition) is 5. The van der Waals surface area contributed by atoms with E-state index in [-0.39, 0.29) is 41.0 Å². The molecule has 3 fully saturated rings. The van der Waals surface area contributed by atoms with E-state index in [9.17, 15) is 19.1 Å². The summed E-state index contributed by atoms with van der Waals surface area (Å²) in [5.41, 5.74) is 23.7. The number of anilines is 1. The Balaban J connectivity index is 0.947. The number of carbonyl (C=O) groups is 2. The van der Waals surface area contributed by atoms with Crippen LogP contribution in [-0.2, 0) is 16.0 Å². The van der Waals surface area contributed by atoms with Gasteiger partial charge in [-0.15, -0.1) is 0 Å². The van der Waals surface area contributed by atoms with E-state index in [1.54, 1.807) is 12.3 Å². The van der Waals surface area contributed by atoms with Crippen LogP contribution in [0.25, 0.3) is 11.3 Å². The average molecular weight is 669 g/mol. The molecule has 1 unspecified atom stereocenters. The third kappa shape index (κ3) is 6.49. The van der Waals surface area contributed by atoms with Crippen LogP contribution in [0.15, 0.2) is 60.7 Å². The highest BCUT2D eigenvalue weighted by Crippen LogP contribution is 2.42. The number of aromatic nitrogens is 2. The lowest BCUT2D eigenvalue weighted by Gasteiger charge is -2.41. The number of nitrogens with two attached hydrogens (primary N) is 3. The van der Waals surface area contributed by atoms with E-state index in [4.69, 9.17) is 17.2 Å². The SMILES string of the molecule is NC(N)=C(/C=C(\N)c1cccc(F)c1O)c1cnn(C2CCN([C@H]3CC[C@@H](c4cccc5c4CCN5C4CCC(=O)NC4=O)CC3)CC2)c1. The first kappa shape index (κ1) is 32.7. The summed E-state index contributed by atoms with van der Waals surface area (Å²) in [4.78, 5) is 29.2. The Morgan fingerprint density at radius 1 is 0.918 bits per heavy atom. The molecular weight excluding hydrogens is 623 g/mol. The number of likely N-dealkylation sites (tertiary alicyclic amines) is 1. The summed E-state index contributed by atoms with van der Waals surface area (Å²) in [6.45, 7) is 2.83. The van der Waals surface area contributed by atoms with Crippen LogP contribution in [0.5, 0.6) is 5.75 Å². The summed E-state index contributed by atoms with van der Waals surface area (Å²) >= 11 is 0. The zero-order chi connectivity index (χ0) is 34.2. The van der Waals surface area contributed by atoms with E-state index >= 15 is 0 Å². The van der Waals surface area contributed by atoms with Gasteiger partial charge in [0.2, 0.25) is 11.8 Å². The zero-order valence-electron chi connectivity index (χ0n) is 27.7. The average Bonchev–Trinajstić information content (AvgIpc) is 3.77. The smallest absolute Gasteiger partial charge is 0.249 e. The fraction of sp³-hybridized carbons (Fsp3) is 0.432. The van der Waals surface area contributed by atoms with Crippen molar-refractivity contribution in [1.29, 1.82) is 0 Å². The number of nitrogens with zero attached hydrogens (tertiary/aromatic N) is 4. The lowest BCUT2D eigenvalue weighted by Crippen LogP contribution is -2.52. The first-order valence-corrected chi connectivity index (χ1v) is 17.4. The van der Waals surface area contributed by atoms with Crippen molar-refractivity contribution in [2.45, 2.75) is 81.8 Å². The summed E-state index contributed by atoms with van der Waals surface area (Å²) in [5, 5.41) is 17.3. The van der Waals surface area contributed by atoms with Gasteiger partial charge in [0.15, 0.2) is 11.6 Å². The molecule has 7 rings (SSSR count). The maximum absolute atomic E-state index is 13.9. The van der Waals surface area contributed by atoms with Gasteiger partial charge in [0, 0.05) is 66.4 Å². The summed E-state index contributed by atoms with van der Waals surface area (Å²) < 4.78 is 15.9. The fourth-order valence-electron chi connectivity index (χ4n) is 8.43. The molecule has 2 amide bonds. The van der Waals surface area contributed by atoms with Gasteiger partial charge in [0.05, 0.1) is 12.2 Å². The van der Waals surface area contributed by atoms with E-state index in [0.29, 0.717) is 35.9 Å². The number of imide groups is 1. The van der Waals surface area contributed by atoms with Crippen LogP contribution in [0.3, 0.4) is 0 Å². The number of nitrogens with one attached hydrogen (secondary N) is 1. The first-order valence-electron chi connectivity index (χ1n) is 17.4. The predicted molar refractivity (Wildman–Crippen MR) is 186 cm³/mol. The molecule has 1 aliphatic carbocycles. The molecule has 11 nitrogen and oxygen atoms in total. The number of phenolic OH excluding ortho intramolecular Hbond substituents is 1. The van der Waals surface area contributed by atoms with Crippen LogP contribution in [0.2, 0.25) is 0 Å². The van der Waals surface area contributed by atoms with E-state index in [0.717, 1.165) is 57.8 Å². The molecule has 2 saturated heterocycles. The summed E-state index contributed by atoms with van der Waals surface area (Å²) in [6, 6.07) is 11.3. The number of fused-ring (bicyclic) bond motifs is 1. The highest BCUT2D eigenvalue weighted by atomic mass is 19.1. The van der Waals surface area contributed by atoms with Crippen LogP contribution in [0, 0.1) is 5.82 Å². The number of piperidine rings is 2. The Morgan fingerprint density at radius 2 is 1.67 bits per heavy atom. The third-order valence-corrected chi connectivity index (χ3v) is 11.0. The topological polar surface area (TPSA) is 169 Å². The van der Waals surface area contributed by atoms with Gasteiger partial charge in [-0.05, 0) is 92.7 Å². The Bertz CT molecular complexity index is 1800. The van der Waals surface area contributed by atoms with Crippen molar-refractivity contribution in [3.05, 3.63) is 88.8 Å². The molecule has 258 valence electrons.